The van der Waals surface area contributed by atoms with E-state index in [1.807, 2.05) is 0 Å². The summed E-state index contributed by atoms with van der Waals surface area (Å²) in [7, 11) is -3.58. The summed E-state index contributed by atoms with van der Waals surface area (Å²) in [6, 6.07) is 2.54. The van der Waals surface area contributed by atoms with Gasteiger partial charge in [-0.25, -0.2) is 17.5 Å². The lowest BCUT2D eigenvalue weighted by molar-refractivity contribution is 0.257. The first-order chi connectivity index (χ1) is 9.81. The van der Waals surface area contributed by atoms with E-state index in [1.165, 1.54) is 31.4 Å². The fraction of sp³-hybridized carbons (Fsp3) is 0.625. The Hall–Kier alpha value is -0.940. The fourth-order valence-corrected chi connectivity index (χ4v) is 4.85. The molecule has 0 radical (unpaired) electrons. The zero-order valence-electron chi connectivity index (χ0n) is 12.9. The molecule has 0 heterocycles. The fourth-order valence-electron chi connectivity index (χ4n) is 3.31. The number of rotatable bonds is 4. The van der Waals surface area contributed by atoms with Crippen molar-refractivity contribution in [3.8, 4) is 0 Å². The monoisotopic (exact) mass is 313 g/mol. The average molecular weight is 313 g/mol. The van der Waals surface area contributed by atoms with Gasteiger partial charge in [0.05, 0.1) is 4.90 Å². The predicted molar refractivity (Wildman–Crippen MR) is 82.2 cm³/mol. The summed E-state index contributed by atoms with van der Waals surface area (Å²) in [6.45, 7) is 5.92. The predicted octanol–water partition coefficient (Wildman–Crippen LogP) is 3.55. The molecule has 1 fully saturated rings. The van der Waals surface area contributed by atoms with Crippen molar-refractivity contribution in [1.29, 1.82) is 0 Å². The zero-order valence-corrected chi connectivity index (χ0v) is 13.8. The Balaban J connectivity index is 2.15. The molecule has 0 amide bonds. The lowest BCUT2D eigenvalue weighted by Gasteiger charge is -2.28. The number of halogens is 1. The summed E-state index contributed by atoms with van der Waals surface area (Å²) in [5.74, 6) is 0.552. The van der Waals surface area contributed by atoms with Crippen molar-refractivity contribution >= 4 is 10.0 Å². The maximum Gasteiger partial charge on any atom is 0.241 e. The largest absolute Gasteiger partial charge is 0.241 e. The molecule has 0 aliphatic heterocycles. The van der Waals surface area contributed by atoms with Gasteiger partial charge in [0.1, 0.15) is 5.82 Å². The quantitative estimate of drug-likeness (QED) is 0.924. The maximum atomic E-state index is 13.3. The minimum absolute atomic E-state index is 0.215. The van der Waals surface area contributed by atoms with Gasteiger partial charge in [-0.3, -0.25) is 0 Å². The SMILES string of the molecule is Cc1cc(F)cc(C)c1S(=O)(=O)NCC1CCCCC1C. The Morgan fingerprint density at radius 1 is 1.19 bits per heavy atom. The number of benzene rings is 1. The Morgan fingerprint density at radius 2 is 1.76 bits per heavy atom. The van der Waals surface area contributed by atoms with Gasteiger partial charge in [0.2, 0.25) is 10.0 Å². The van der Waals surface area contributed by atoms with Crippen LogP contribution in [0, 0.1) is 31.5 Å². The highest BCUT2D eigenvalue weighted by Gasteiger charge is 2.25. The van der Waals surface area contributed by atoms with Crippen molar-refractivity contribution in [2.75, 3.05) is 6.54 Å². The van der Waals surface area contributed by atoms with Crippen molar-refractivity contribution in [2.24, 2.45) is 11.8 Å². The van der Waals surface area contributed by atoms with Crippen molar-refractivity contribution in [2.45, 2.75) is 51.3 Å². The van der Waals surface area contributed by atoms with Crippen LogP contribution in [0.4, 0.5) is 4.39 Å². The highest BCUT2D eigenvalue weighted by Crippen LogP contribution is 2.29. The summed E-state index contributed by atoms with van der Waals surface area (Å²) in [5, 5.41) is 0. The van der Waals surface area contributed by atoms with E-state index in [-0.39, 0.29) is 4.90 Å². The molecule has 1 aliphatic carbocycles. The summed E-state index contributed by atoms with van der Waals surface area (Å²) in [5.41, 5.74) is 0.911. The molecular formula is C16H24FNO2S. The highest BCUT2D eigenvalue weighted by atomic mass is 32.2. The van der Waals surface area contributed by atoms with Gasteiger partial charge in [-0.1, -0.05) is 26.2 Å². The van der Waals surface area contributed by atoms with Crippen LogP contribution >= 0.6 is 0 Å². The average Bonchev–Trinajstić information content (AvgIpc) is 2.36. The van der Waals surface area contributed by atoms with Crippen LogP contribution < -0.4 is 4.72 Å². The van der Waals surface area contributed by atoms with E-state index in [1.54, 1.807) is 13.8 Å². The van der Waals surface area contributed by atoms with Crippen LogP contribution in [0.25, 0.3) is 0 Å². The molecule has 0 aromatic heterocycles. The molecule has 5 heteroatoms. The number of aryl methyl sites for hydroxylation is 2. The topological polar surface area (TPSA) is 46.2 Å². The summed E-state index contributed by atoms with van der Waals surface area (Å²) in [6.07, 6.45) is 4.65. The van der Waals surface area contributed by atoms with Crippen molar-refractivity contribution in [1.82, 2.24) is 4.72 Å². The third-order valence-corrected chi connectivity index (χ3v) is 6.25. The van der Waals surface area contributed by atoms with E-state index < -0.39 is 15.8 Å². The van der Waals surface area contributed by atoms with Crippen LogP contribution in [-0.4, -0.2) is 15.0 Å². The third kappa shape index (κ3) is 3.83. The standard InChI is InChI=1S/C16H24FNO2S/c1-11-6-4-5-7-14(11)10-18-21(19,20)16-12(2)8-15(17)9-13(16)3/h8-9,11,14,18H,4-7,10H2,1-3H3. The van der Waals surface area contributed by atoms with Crippen molar-refractivity contribution in [3.05, 3.63) is 29.1 Å². The normalized spacial score (nSPS) is 23.2. The summed E-state index contributed by atoms with van der Waals surface area (Å²) in [4.78, 5) is 0.215. The third-order valence-electron chi connectivity index (χ3n) is 4.52. The van der Waals surface area contributed by atoms with Crippen LogP contribution in [-0.2, 0) is 10.0 Å². The molecule has 1 aromatic rings. The molecule has 0 spiro atoms. The summed E-state index contributed by atoms with van der Waals surface area (Å²) >= 11 is 0. The molecule has 118 valence electrons. The van der Waals surface area contributed by atoms with Crippen LogP contribution in [0.15, 0.2) is 17.0 Å². The van der Waals surface area contributed by atoms with Crippen molar-refractivity contribution in [3.63, 3.8) is 0 Å². The van der Waals surface area contributed by atoms with E-state index >= 15 is 0 Å². The van der Waals surface area contributed by atoms with Gasteiger partial charge in [0.25, 0.3) is 0 Å². The Bertz CT molecular complexity index is 590. The van der Waals surface area contributed by atoms with Crippen LogP contribution in [0.1, 0.15) is 43.7 Å². The number of hydrogen-bond donors (Lipinski definition) is 1. The molecule has 1 aromatic carbocycles. The molecule has 0 bridgehead atoms. The molecule has 2 unspecified atom stereocenters. The van der Waals surface area contributed by atoms with E-state index in [2.05, 4.69) is 11.6 Å². The molecule has 2 rings (SSSR count). The van der Waals surface area contributed by atoms with Gasteiger partial charge in [0, 0.05) is 6.54 Å². The second kappa shape index (κ2) is 6.44. The van der Waals surface area contributed by atoms with Gasteiger partial charge in [0.15, 0.2) is 0 Å². The van der Waals surface area contributed by atoms with Gasteiger partial charge >= 0.3 is 0 Å². The Kier molecular flexibility index (Phi) is 5.04. The van der Waals surface area contributed by atoms with Gasteiger partial charge < -0.3 is 0 Å². The molecule has 3 nitrogen and oxygen atoms in total. The minimum Gasteiger partial charge on any atom is -0.211 e. The van der Waals surface area contributed by atoms with Crippen LogP contribution in [0.2, 0.25) is 0 Å². The lowest BCUT2D eigenvalue weighted by Crippen LogP contribution is -2.34. The molecule has 1 N–H and O–H groups in total. The molecule has 0 saturated heterocycles. The lowest BCUT2D eigenvalue weighted by atomic mass is 9.81. The first-order valence-corrected chi connectivity index (χ1v) is 9.06. The Labute approximate surface area is 127 Å². The molecular weight excluding hydrogens is 289 g/mol. The van der Waals surface area contributed by atoms with E-state index in [4.69, 9.17) is 0 Å². The zero-order chi connectivity index (χ0) is 15.6. The molecule has 21 heavy (non-hydrogen) atoms. The molecule has 1 saturated carbocycles. The van der Waals surface area contributed by atoms with E-state index in [0.717, 1.165) is 6.42 Å². The summed E-state index contributed by atoms with van der Waals surface area (Å²) < 4.78 is 41.0. The first-order valence-electron chi connectivity index (χ1n) is 7.57. The van der Waals surface area contributed by atoms with Crippen LogP contribution in [0.3, 0.4) is 0 Å². The number of hydrogen-bond acceptors (Lipinski definition) is 2. The first kappa shape index (κ1) is 16.4. The van der Waals surface area contributed by atoms with Crippen LogP contribution in [0.5, 0.6) is 0 Å². The van der Waals surface area contributed by atoms with Gasteiger partial charge in [-0.2, -0.15) is 0 Å². The van der Waals surface area contributed by atoms with Crippen molar-refractivity contribution < 1.29 is 12.8 Å². The molecule has 1 aliphatic rings. The number of sulfonamides is 1. The van der Waals surface area contributed by atoms with Gasteiger partial charge in [-0.15, -0.1) is 0 Å². The Morgan fingerprint density at radius 3 is 2.33 bits per heavy atom. The van der Waals surface area contributed by atoms with E-state index in [9.17, 15) is 12.8 Å². The number of nitrogens with one attached hydrogen (secondary N) is 1. The highest BCUT2D eigenvalue weighted by molar-refractivity contribution is 7.89. The second-order valence-corrected chi connectivity index (χ2v) is 7.95. The van der Waals surface area contributed by atoms with E-state index in [0.29, 0.717) is 29.5 Å². The minimum atomic E-state index is -3.58. The smallest absolute Gasteiger partial charge is 0.211 e. The van der Waals surface area contributed by atoms with Gasteiger partial charge in [-0.05, 0) is 55.4 Å². The molecule has 2 atom stereocenters. The second-order valence-electron chi connectivity index (χ2n) is 6.24. The maximum absolute atomic E-state index is 13.3.